The molecule has 1 atom stereocenters. The molecule has 1 unspecified atom stereocenters. The minimum absolute atomic E-state index is 0.0856. The van der Waals surface area contributed by atoms with Gasteiger partial charge in [-0.15, -0.1) is 0 Å². The zero-order valence-electron chi connectivity index (χ0n) is 10.1. The Hall–Kier alpha value is -1.58. The molecule has 3 N–H and O–H groups in total. The number of amides is 1. The number of nitrogen functional groups attached to an aromatic ring is 1. The zero-order chi connectivity index (χ0) is 12.1. The number of carbonyl (C=O) groups is 1. The molecule has 0 fully saturated rings. The molecule has 1 aromatic heterocycles. The van der Waals surface area contributed by atoms with Gasteiger partial charge in [0.1, 0.15) is 5.82 Å². The number of anilines is 1. The molecule has 0 aliphatic rings. The summed E-state index contributed by atoms with van der Waals surface area (Å²) >= 11 is 0. The Morgan fingerprint density at radius 3 is 2.81 bits per heavy atom. The first-order chi connectivity index (χ1) is 7.52. The Balaban J connectivity index is 2.66. The first-order valence-electron chi connectivity index (χ1n) is 5.55. The van der Waals surface area contributed by atoms with Crippen LogP contribution < -0.4 is 11.1 Å². The molecule has 0 saturated heterocycles. The van der Waals surface area contributed by atoms with Gasteiger partial charge in [0.2, 0.25) is 0 Å². The van der Waals surface area contributed by atoms with E-state index in [0.29, 0.717) is 23.8 Å². The van der Waals surface area contributed by atoms with Gasteiger partial charge >= 0.3 is 0 Å². The third-order valence-corrected chi connectivity index (χ3v) is 2.54. The van der Waals surface area contributed by atoms with Crippen LogP contribution in [0.3, 0.4) is 0 Å². The van der Waals surface area contributed by atoms with Gasteiger partial charge in [0.05, 0.1) is 0 Å². The topological polar surface area (TPSA) is 68.0 Å². The third-order valence-electron chi connectivity index (χ3n) is 2.54. The van der Waals surface area contributed by atoms with Crippen molar-refractivity contribution in [3.8, 4) is 0 Å². The van der Waals surface area contributed by atoms with Gasteiger partial charge in [-0.2, -0.15) is 0 Å². The predicted octanol–water partition coefficient (Wildman–Crippen LogP) is 1.75. The second-order valence-corrected chi connectivity index (χ2v) is 4.15. The molecule has 1 amide bonds. The molecule has 1 aromatic rings. The Morgan fingerprint density at radius 2 is 2.25 bits per heavy atom. The van der Waals surface area contributed by atoms with Gasteiger partial charge in [0, 0.05) is 17.8 Å². The lowest BCUT2D eigenvalue weighted by atomic mass is 10.1. The summed E-state index contributed by atoms with van der Waals surface area (Å²) in [6.45, 7) is 6.72. The number of aromatic nitrogens is 1. The van der Waals surface area contributed by atoms with Crippen LogP contribution >= 0.6 is 0 Å². The Labute approximate surface area is 96.3 Å². The predicted molar refractivity (Wildman–Crippen MR) is 65.2 cm³/mol. The van der Waals surface area contributed by atoms with Crippen LogP contribution in [0, 0.1) is 12.8 Å². The smallest absolute Gasteiger partial charge is 0.251 e. The standard InChI is InChI=1S/C12H19N3O/c1-4-8(2)7-14-12(16)10-5-9(3)15-11(13)6-10/h5-6,8H,4,7H2,1-3H3,(H2,13,15)(H,14,16). The van der Waals surface area contributed by atoms with Gasteiger partial charge in [-0.05, 0) is 25.0 Å². The van der Waals surface area contributed by atoms with Crippen molar-refractivity contribution in [3.63, 3.8) is 0 Å². The number of carbonyl (C=O) groups excluding carboxylic acids is 1. The van der Waals surface area contributed by atoms with Crippen molar-refractivity contribution in [2.75, 3.05) is 12.3 Å². The first-order valence-corrected chi connectivity index (χ1v) is 5.55. The number of rotatable bonds is 4. The minimum Gasteiger partial charge on any atom is -0.384 e. The van der Waals surface area contributed by atoms with Crippen LogP contribution in [0.4, 0.5) is 5.82 Å². The summed E-state index contributed by atoms with van der Waals surface area (Å²) in [7, 11) is 0. The number of aryl methyl sites for hydroxylation is 1. The van der Waals surface area contributed by atoms with Crippen LogP contribution in [0.1, 0.15) is 36.3 Å². The van der Waals surface area contributed by atoms with E-state index in [1.165, 1.54) is 0 Å². The molecule has 4 heteroatoms. The summed E-state index contributed by atoms with van der Waals surface area (Å²) in [5.41, 5.74) is 6.92. The number of hydrogen-bond acceptors (Lipinski definition) is 3. The summed E-state index contributed by atoms with van der Waals surface area (Å²) in [5.74, 6) is 0.787. The summed E-state index contributed by atoms with van der Waals surface area (Å²) < 4.78 is 0. The number of pyridine rings is 1. The minimum atomic E-state index is -0.0856. The third kappa shape index (κ3) is 3.53. The van der Waals surface area contributed by atoms with E-state index in [1.807, 2.05) is 6.92 Å². The SMILES string of the molecule is CCC(C)CNC(=O)c1cc(C)nc(N)c1. The average molecular weight is 221 g/mol. The molecule has 0 aliphatic carbocycles. The number of nitrogens with one attached hydrogen (secondary N) is 1. The van der Waals surface area contributed by atoms with Crippen molar-refractivity contribution >= 4 is 11.7 Å². The second kappa shape index (κ2) is 5.49. The second-order valence-electron chi connectivity index (χ2n) is 4.15. The van der Waals surface area contributed by atoms with Gasteiger partial charge in [-0.1, -0.05) is 20.3 Å². The van der Waals surface area contributed by atoms with Crippen LogP contribution in [0.25, 0.3) is 0 Å². The largest absolute Gasteiger partial charge is 0.384 e. The fourth-order valence-corrected chi connectivity index (χ4v) is 1.34. The van der Waals surface area contributed by atoms with Crippen LogP contribution in [-0.2, 0) is 0 Å². The summed E-state index contributed by atoms with van der Waals surface area (Å²) in [5, 5.41) is 2.88. The van der Waals surface area contributed by atoms with Crippen LogP contribution in [-0.4, -0.2) is 17.4 Å². The molecule has 0 aromatic carbocycles. The molecule has 1 rings (SSSR count). The Bertz CT molecular complexity index is 356. The molecule has 88 valence electrons. The highest BCUT2D eigenvalue weighted by Gasteiger charge is 2.08. The van der Waals surface area contributed by atoms with Gasteiger partial charge in [-0.25, -0.2) is 4.98 Å². The molecule has 0 bridgehead atoms. The number of nitrogens with zero attached hydrogens (tertiary/aromatic N) is 1. The van der Waals surface area contributed by atoms with Crippen LogP contribution in [0.2, 0.25) is 0 Å². The lowest BCUT2D eigenvalue weighted by Gasteiger charge is -2.10. The summed E-state index contributed by atoms with van der Waals surface area (Å²) in [6, 6.07) is 3.33. The molecule has 4 nitrogen and oxygen atoms in total. The lowest BCUT2D eigenvalue weighted by molar-refractivity contribution is 0.0947. The quantitative estimate of drug-likeness (QED) is 0.813. The molecule has 1 heterocycles. The Kier molecular flexibility index (Phi) is 4.28. The average Bonchev–Trinajstić information content (AvgIpc) is 2.23. The van der Waals surface area contributed by atoms with E-state index in [4.69, 9.17) is 5.73 Å². The maximum atomic E-state index is 11.8. The zero-order valence-corrected chi connectivity index (χ0v) is 10.1. The van der Waals surface area contributed by atoms with Crippen molar-refractivity contribution in [1.82, 2.24) is 10.3 Å². The van der Waals surface area contributed by atoms with Gasteiger partial charge in [-0.3, -0.25) is 4.79 Å². The van der Waals surface area contributed by atoms with Gasteiger partial charge in [0.15, 0.2) is 0 Å². The fourth-order valence-electron chi connectivity index (χ4n) is 1.34. The molecule has 0 saturated carbocycles. The summed E-state index contributed by atoms with van der Waals surface area (Å²) in [4.78, 5) is 15.8. The molecule has 0 spiro atoms. The van der Waals surface area contributed by atoms with E-state index >= 15 is 0 Å². The lowest BCUT2D eigenvalue weighted by Crippen LogP contribution is -2.28. The van der Waals surface area contributed by atoms with E-state index in [1.54, 1.807) is 12.1 Å². The van der Waals surface area contributed by atoms with Crippen molar-refractivity contribution in [2.24, 2.45) is 5.92 Å². The van der Waals surface area contributed by atoms with E-state index in [9.17, 15) is 4.79 Å². The van der Waals surface area contributed by atoms with Crippen molar-refractivity contribution in [2.45, 2.75) is 27.2 Å². The molecule has 0 aliphatic heterocycles. The molecular formula is C12H19N3O. The first kappa shape index (κ1) is 12.5. The van der Waals surface area contributed by atoms with E-state index in [0.717, 1.165) is 12.1 Å². The van der Waals surface area contributed by atoms with Gasteiger partial charge < -0.3 is 11.1 Å². The highest BCUT2D eigenvalue weighted by atomic mass is 16.1. The van der Waals surface area contributed by atoms with Crippen LogP contribution in [0.5, 0.6) is 0 Å². The highest BCUT2D eigenvalue weighted by molar-refractivity contribution is 5.94. The molecular weight excluding hydrogens is 202 g/mol. The number of hydrogen-bond donors (Lipinski definition) is 2. The van der Waals surface area contributed by atoms with E-state index in [-0.39, 0.29) is 5.91 Å². The van der Waals surface area contributed by atoms with E-state index in [2.05, 4.69) is 24.1 Å². The van der Waals surface area contributed by atoms with E-state index < -0.39 is 0 Å². The normalized spacial score (nSPS) is 12.2. The van der Waals surface area contributed by atoms with Crippen molar-refractivity contribution < 1.29 is 4.79 Å². The maximum Gasteiger partial charge on any atom is 0.251 e. The van der Waals surface area contributed by atoms with Crippen molar-refractivity contribution in [1.29, 1.82) is 0 Å². The van der Waals surface area contributed by atoms with Gasteiger partial charge in [0.25, 0.3) is 5.91 Å². The monoisotopic (exact) mass is 221 g/mol. The highest BCUT2D eigenvalue weighted by Crippen LogP contribution is 2.07. The molecule has 0 radical (unpaired) electrons. The summed E-state index contributed by atoms with van der Waals surface area (Å²) in [6.07, 6.45) is 1.05. The van der Waals surface area contributed by atoms with Crippen LogP contribution in [0.15, 0.2) is 12.1 Å². The number of nitrogens with two attached hydrogens (primary N) is 1. The maximum absolute atomic E-state index is 11.8. The van der Waals surface area contributed by atoms with Crippen molar-refractivity contribution in [3.05, 3.63) is 23.4 Å². The molecule has 16 heavy (non-hydrogen) atoms. The Morgan fingerprint density at radius 1 is 1.56 bits per heavy atom. The fraction of sp³-hybridized carbons (Fsp3) is 0.500.